The summed E-state index contributed by atoms with van der Waals surface area (Å²) in [4.78, 5) is 25.0. The van der Waals surface area contributed by atoms with Crippen LogP contribution in [0.5, 0.6) is 0 Å². The lowest BCUT2D eigenvalue weighted by atomic mass is 9.71. The number of carbonyl (C=O) groups excluding carboxylic acids is 2. The first-order valence-corrected chi connectivity index (χ1v) is 10.1. The van der Waals surface area contributed by atoms with Crippen LogP contribution in [0.15, 0.2) is 12.2 Å². The van der Waals surface area contributed by atoms with Crippen molar-refractivity contribution in [3.8, 4) is 0 Å². The molecule has 1 rings (SSSR count). The molecule has 0 saturated carbocycles. The molecule has 0 amide bonds. The molecule has 1 aliphatic heterocycles. The Hall–Kier alpha value is -1.00. The Morgan fingerprint density at radius 2 is 1.78 bits per heavy atom. The largest absolute Gasteiger partial charge is 0.396 e. The van der Waals surface area contributed by atoms with Gasteiger partial charge in [-0.3, -0.25) is 9.59 Å². The van der Waals surface area contributed by atoms with Gasteiger partial charge in [0, 0.05) is 30.6 Å². The van der Waals surface area contributed by atoms with Gasteiger partial charge in [-0.15, -0.1) is 0 Å². The molecule has 0 aliphatic carbocycles. The van der Waals surface area contributed by atoms with Gasteiger partial charge in [0.1, 0.15) is 11.6 Å². The van der Waals surface area contributed by atoms with E-state index in [1.54, 1.807) is 0 Å². The lowest BCUT2D eigenvalue weighted by Crippen LogP contribution is -2.39. The highest BCUT2D eigenvalue weighted by molar-refractivity contribution is 5.85. The number of ether oxygens (including phenoxy) is 1. The van der Waals surface area contributed by atoms with Gasteiger partial charge in [-0.2, -0.15) is 0 Å². The van der Waals surface area contributed by atoms with Gasteiger partial charge in [-0.1, -0.05) is 54.2 Å². The lowest BCUT2D eigenvalue weighted by molar-refractivity contribution is -0.133. The van der Waals surface area contributed by atoms with E-state index in [2.05, 4.69) is 26.8 Å². The normalized spacial score (nSPS) is 27.3. The quantitative estimate of drug-likeness (QED) is 0.387. The summed E-state index contributed by atoms with van der Waals surface area (Å²) in [5.41, 5.74) is -0.308. The molecule has 0 aromatic heterocycles. The second-order valence-corrected chi connectivity index (χ2v) is 8.18. The van der Waals surface area contributed by atoms with Gasteiger partial charge < -0.3 is 9.84 Å². The van der Waals surface area contributed by atoms with Crippen LogP contribution in [0.25, 0.3) is 0 Å². The minimum absolute atomic E-state index is 0. The summed E-state index contributed by atoms with van der Waals surface area (Å²) >= 11 is 0. The van der Waals surface area contributed by atoms with E-state index in [4.69, 9.17) is 4.74 Å². The topological polar surface area (TPSA) is 66.9 Å². The molecule has 7 atom stereocenters. The molecule has 1 heterocycles. The maximum atomic E-state index is 13.2. The number of ketones is 2. The number of hydrogen-bond acceptors (Lipinski definition) is 4. The molecule has 27 heavy (non-hydrogen) atoms. The predicted octanol–water partition coefficient (Wildman–Crippen LogP) is 4.84. The van der Waals surface area contributed by atoms with Crippen LogP contribution in [0.1, 0.15) is 75.2 Å². The lowest BCUT2D eigenvalue weighted by Gasteiger charge is -2.31. The molecule has 1 fully saturated rings. The molecule has 4 nitrogen and oxygen atoms in total. The molecule has 0 aromatic carbocycles. The van der Waals surface area contributed by atoms with Crippen LogP contribution in [0.2, 0.25) is 0 Å². The SMILES string of the molecule is C.C/C=C\[C@H](C)[C@H]1O[C@]1(C)[C@@H](C)[C@@H](CC)C(=O)[C@H](CO)[C@@H](C)CC(=O)CC. The highest BCUT2D eigenvalue weighted by Crippen LogP contribution is 2.50. The smallest absolute Gasteiger partial charge is 0.141 e. The van der Waals surface area contributed by atoms with Crippen molar-refractivity contribution < 1.29 is 19.4 Å². The highest BCUT2D eigenvalue weighted by atomic mass is 16.6. The van der Waals surface area contributed by atoms with Gasteiger partial charge in [0.2, 0.25) is 0 Å². The molecular weight excluding hydrogens is 340 g/mol. The van der Waals surface area contributed by atoms with Crippen molar-refractivity contribution in [2.75, 3.05) is 6.61 Å². The summed E-state index contributed by atoms with van der Waals surface area (Å²) in [6, 6.07) is 0. The number of Topliss-reactive ketones (excluding diaryl/α,β-unsaturated/α-hetero) is 2. The van der Waals surface area contributed by atoms with E-state index < -0.39 is 5.92 Å². The maximum absolute atomic E-state index is 13.2. The van der Waals surface area contributed by atoms with Crippen LogP contribution in [0.3, 0.4) is 0 Å². The fraction of sp³-hybridized carbons (Fsp3) is 0.826. The predicted molar refractivity (Wildman–Crippen MR) is 112 cm³/mol. The first-order valence-electron chi connectivity index (χ1n) is 10.1. The number of hydrogen-bond donors (Lipinski definition) is 1. The molecule has 1 saturated heterocycles. The van der Waals surface area contributed by atoms with E-state index in [-0.39, 0.29) is 55.1 Å². The monoisotopic (exact) mass is 382 g/mol. The number of carbonyl (C=O) groups is 2. The van der Waals surface area contributed by atoms with Gasteiger partial charge in [-0.05, 0) is 32.1 Å². The fourth-order valence-corrected chi connectivity index (χ4v) is 4.31. The van der Waals surface area contributed by atoms with Crippen molar-refractivity contribution in [1.82, 2.24) is 0 Å². The van der Waals surface area contributed by atoms with Crippen LogP contribution < -0.4 is 0 Å². The van der Waals surface area contributed by atoms with Crippen LogP contribution >= 0.6 is 0 Å². The first kappa shape index (κ1) is 26.0. The van der Waals surface area contributed by atoms with Crippen LogP contribution in [-0.2, 0) is 14.3 Å². The van der Waals surface area contributed by atoms with Crippen molar-refractivity contribution in [2.24, 2.45) is 29.6 Å². The molecule has 0 aromatic rings. The van der Waals surface area contributed by atoms with Crippen LogP contribution in [-0.4, -0.2) is 35.0 Å². The van der Waals surface area contributed by atoms with Crippen molar-refractivity contribution in [2.45, 2.75) is 86.9 Å². The molecule has 0 unspecified atom stereocenters. The molecule has 1 N–H and O–H groups in total. The number of epoxide rings is 1. The van der Waals surface area contributed by atoms with Gasteiger partial charge in [0.05, 0.1) is 18.3 Å². The molecular formula is C23H42O4. The second-order valence-electron chi connectivity index (χ2n) is 8.18. The van der Waals surface area contributed by atoms with E-state index >= 15 is 0 Å². The average Bonchev–Trinajstić information content (AvgIpc) is 3.29. The summed E-state index contributed by atoms with van der Waals surface area (Å²) in [6.45, 7) is 13.9. The zero-order valence-corrected chi connectivity index (χ0v) is 17.6. The summed E-state index contributed by atoms with van der Waals surface area (Å²) in [5, 5.41) is 9.83. The Balaban J connectivity index is 0.00000676. The summed E-state index contributed by atoms with van der Waals surface area (Å²) < 4.78 is 6.05. The summed E-state index contributed by atoms with van der Waals surface area (Å²) in [6.07, 6.45) is 5.85. The summed E-state index contributed by atoms with van der Waals surface area (Å²) in [7, 11) is 0. The molecule has 4 heteroatoms. The number of aliphatic hydroxyl groups is 1. The minimum atomic E-state index is -0.480. The average molecular weight is 383 g/mol. The Bertz CT molecular complexity index is 513. The highest BCUT2D eigenvalue weighted by Gasteiger charge is 2.59. The van der Waals surface area contributed by atoms with Crippen LogP contribution in [0, 0.1) is 29.6 Å². The second kappa shape index (κ2) is 11.1. The van der Waals surface area contributed by atoms with E-state index in [1.165, 1.54) is 0 Å². The zero-order chi connectivity index (χ0) is 20.1. The molecule has 0 radical (unpaired) electrons. The molecule has 158 valence electrons. The van der Waals surface area contributed by atoms with Crippen molar-refractivity contribution >= 4 is 11.6 Å². The Morgan fingerprint density at radius 1 is 1.19 bits per heavy atom. The van der Waals surface area contributed by atoms with E-state index in [0.717, 1.165) is 0 Å². The minimum Gasteiger partial charge on any atom is -0.396 e. The zero-order valence-electron chi connectivity index (χ0n) is 17.6. The molecule has 0 spiro atoms. The van der Waals surface area contributed by atoms with Crippen molar-refractivity contribution in [3.05, 3.63) is 12.2 Å². The van der Waals surface area contributed by atoms with E-state index in [0.29, 0.717) is 25.2 Å². The van der Waals surface area contributed by atoms with Gasteiger partial charge >= 0.3 is 0 Å². The van der Waals surface area contributed by atoms with E-state index in [9.17, 15) is 14.7 Å². The number of rotatable bonds is 12. The van der Waals surface area contributed by atoms with Gasteiger partial charge in [0.25, 0.3) is 0 Å². The standard InChI is InChI=1S/C22H38O4.CH4/c1-8-11-14(4)21-22(7,26-21)16(6)18(10-3)20(25)19(13-23)15(5)12-17(24)9-2;/h8,11,14-16,18-19,21,23H,9-10,12-13H2,1-7H3;1H4/b11-8-;/t14-,15-,16-,18+,19+,21+,22+;/m0./s1. The Labute approximate surface area is 166 Å². The van der Waals surface area contributed by atoms with Gasteiger partial charge in [-0.25, -0.2) is 0 Å². The Morgan fingerprint density at radius 3 is 2.22 bits per heavy atom. The van der Waals surface area contributed by atoms with Crippen LogP contribution in [0.4, 0.5) is 0 Å². The number of allylic oxidation sites excluding steroid dienone is 1. The summed E-state index contributed by atoms with van der Waals surface area (Å²) in [5.74, 6) is -0.177. The maximum Gasteiger partial charge on any atom is 0.141 e. The van der Waals surface area contributed by atoms with E-state index in [1.807, 2.05) is 33.8 Å². The third kappa shape index (κ3) is 5.99. The molecule has 1 aliphatic rings. The Kier molecular flexibility index (Phi) is 10.7. The molecule has 0 bridgehead atoms. The fourth-order valence-electron chi connectivity index (χ4n) is 4.31. The third-order valence-electron chi connectivity index (χ3n) is 6.37. The van der Waals surface area contributed by atoms with Crippen molar-refractivity contribution in [3.63, 3.8) is 0 Å². The number of aliphatic hydroxyl groups excluding tert-OH is 1. The third-order valence-corrected chi connectivity index (χ3v) is 6.37. The first-order chi connectivity index (χ1) is 12.2. The van der Waals surface area contributed by atoms with Gasteiger partial charge in [0.15, 0.2) is 0 Å². The van der Waals surface area contributed by atoms with Crippen molar-refractivity contribution in [1.29, 1.82) is 0 Å².